The van der Waals surface area contributed by atoms with Crippen molar-refractivity contribution in [2.75, 3.05) is 25.1 Å². The summed E-state index contributed by atoms with van der Waals surface area (Å²) in [6, 6.07) is 5.25. The van der Waals surface area contributed by atoms with Gasteiger partial charge in [-0.25, -0.2) is 4.79 Å². The summed E-state index contributed by atoms with van der Waals surface area (Å²) in [6.07, 6.45) is -3.60. The lowest BCUT2D eigenvalue weighted by Gasteiger charge is -2.24. The highest BCUT2D eigenvalue weighted by molar-refractivity contribution is 5.77. The third-order valence-corrected chi connectivity index (χ3v) is 4.56. The van der Waals surface area contributed by atoms with Crippen LogP contribution in [-0.4, -0.2) is 62.9 Å². The molecule has 0 saturated carbocycles. The molecule has 4 rings (SSSR count). The van der Waals surface area contributed by atoms with E-state index in [-0.39, 0.29) is 11.6 Å². The van der Waals surface area contributed by atoms with Crippen molar-refractivity contribution in [3.63, 3.8) is 0 Å². The van der Waals surface area contributed by atoms with Crippen LogP contribution in [0.25, 0.3) is 0 Å². The van der Waals surface area contributed by atoms with Crippen LogP contribution in [0.2, 0.25) is 0 Å². The van der Waals surface area contributed by atoms with Crippen molar-refractivity contribution in [2.45, 2.75) is 24.5 Å². The lowest BCUT2D eigenvalue weighted by molar-refractivity contribution is -0.370. The third kappa shape index (κ3) is 3.08. The number of fused-ring (bicyclic) bond motifs is 2. The van der Waals surface area contributed by atoms with Gasteiger partial charge in [-0.2, -0.15) is 4.98 Å². The van der Waals surface area contributed by atoms with E-state index in [0.717, 1.165) is 4.57 Å². The summed E-state index contributed by atoms with van der Waals surface area (Å²) in [6.45, 7) is 0.517. The van der Waals surface area contributed by atoms with Gasteiger partial charge in [0.15, 0.2) is 23.5 Å². The van der Waals surface area contributed by atoms with Gasteiger partial charge < -0.3 is 40.6 Å². The average molecular weight is 393 g/mol. The fourth-order valence-corrected chi connectivity index (χ4v) is 3.17. The van der Waals surface area contributed by atoms with Gasteiger partial charge in [-0.1, -0.05) is 6.07 Å². The molecule has 0 spiro atoms. The molecule has 28 heavy (non-hydrogen) atoms. The van der Waals surface area contributed by atoms with Crippen LogP contribution in [0.3, 0.4) is 0 Å². The Kier molecular flexibility index (Phi) is 4.91. The van der Waals surface area contributed by atoms with Gasteiger partial charge in [0.05, 0.1) is 12.8 Å². The summed E-state index contributed by atoms with van der Waals surface area (Å²) >= 11 is 0. The van der Waals surface area contributed by atoms with Crippen LogP contribution in [0.1, 0.15) is 6.23 Å². The number of nitrogens with one attached hydrogen (secondary N) is 1. The van der Waals surface area contributed by atoms with Crippen molar-refractivity contribution in [1.29, 1.82) is 0 Å². The number of rotatable bonds is 5. The molecule has 1 aromatic carbocycles. The summed E-state index contributed by atoms with van der Waals surface area (Å²) in [4.78, 5) is 16.4. The third-order valence-electron chi connectivity index (χ3n) is 4.56. The van der Waals surface area contributed by atoms with Gasteiger partial charge in [0.1, 0.15) is 42.9 Å². The molecule has 0 bridgehead atoms. The van der Waals surface area contributed by atoms with Crippen LogP contribution >= 0.6 is 0 Å². The van der Waals surface area contributed by atoms with Gasteiger partial charge in [0.2, 0.25) is 0 Å². The first-order valence-electron chi connectivity index (χ1n) is 8.79. The van der Waals surface area contributed by atoms with E-state index in [9.17, 15) is 20.1 Å². The average Bonchev–Trinajstić information content (AvgIpc) is 2.98. The molecule has 1 fully saturated rings. The highest BCUT2D eigenvalue weighted by Gasteiger charge is 2.44. The number of para-hydroxylation sites is 1. The first-order chi connectivity index (χ1) is 13.5. The Bertz CT molecular complexity index is 934. The Hall–Kier alpha value is -2.70. The topological polar surface area (TPSA) is 163 Å². The smallest absolute Gasteiger partial charge is 0.351 e. The number of aliphatic hydroxyl groups is 3. The van der Waals surface area contributed by atoms with Crippen LogP contribution in [-0.2, 0) is 4.74 Å². The summed E-state index contributed by atoms with van der Waals surface area (Å²) in [5.74, 6) is 1.44. The Labute approximate surface area is 158 Å². The number of benzene rings is 1. The lowest BCUT2D eigenvalue weighted by Crippen LogP contribution is -2.52. The number of aromatic nitrogens is 2. The van der Waals surface area contributed by atoms with E-state index in [1.807, 2.05) is 0 Å². The van der Waals surface area contributed by atoms with E-state index in [1.165, 1.54) is 6.20 Å². The van der Waals surface area contributed by atoms with Gasteiger partial charge in [-0.15, -0.1) is 0 Å². The number of hydrogen-bond acceptors (Lipinski definition) is 9. The quantitative estimate of drug-likeness (QED) is 0.341. The van der Waals surface area contributed by atoms with Crippen molar-refractivity contribution in [3.05, 3.63) is 34.9 Å². The predicted octanol–water partition coefficient (Wildman–Crippen LogP) is -1.68. The maximum absolute atomic E-state index is 12.5. The SMILES string of the molecule is [NH3+]CCOc1cccc2c1Nc1nc(=O)n([C@@H]3O[C@H](CO)[C@@H](O)[C@H]3O)cc1O2. The van der Waals surface area contributed by atoms with Crippen molar-refractivity contribution in [3.8, 4) is 17.2 Å². The second-order valence-corrected chi connectivity index (χ2v) is 6.43. The molecule has 150 valence electrons. The Morgan fingerprint density at radius 2 is 2.11 bits per heavy atom. The molecule has 0 unspecified atom stereocenters. The number of quaternary nitrogens is 1. The molecule has 1 aromatic heterocycles. The minimum absolute atomic E-state index is 0.186. The highest BCUT2D eigenvalue weighted by Crippen LogP contribution is 2.45. The van der Waals surface area contributed by atoms with Crippen LogP contribution in [0, 0.1) is 0 Å². The minimum Gasteiger partial charge on any atom is -0.485 e. The molecule has 11 nitrogen and oxygen atoms in total. The van der Waals surface area contributed by atoms with E-state index < -0.39 is 36.8 Å². The summed E-state index contributed by atoms with van der Waals surface area (Å²) in [7, 11) is 0. The zero-order valence-corrected chi connectivity index (χ0v) is 14.8. The van der Waals surface area contributed by atoms with Crippen molar-refractivity contribution in [2.24, 2.45) is 0 Å². The molecular formula is C17H21N4O7+. The molecule has 11 heteroatoms. The van der Waals surface area contributed by atoms with Crippen molar-refractivity contribution >= 4 is 11.5 Å². The molecular weight excluding hydrogens is 372 g/mol. The number of nitrogens with zero attached hydrogens (tertiary/aromatic N) is 2. The molecule has 3 heterocycles. The number of hydrogen-bond donors (Lipinski definition) is 5. The maximum Gasteiger partial charge on any atom is 0.351 e. The van der Waals surface area contributed by atoms with E-state index in [1.54, 1.807) is 18.2 Å². The molecule has 2 aliphatic rings. The normalized spacial score (nSPS) is 25.4. The predicted molar refractivity (Wildman–Crippen MR) is 94.6 cm³/mol. The van der Waals surface area contributed by atoms with Gasteiger partial charge in [0.25, 0.3) is 0 Å². The largest absolute Gasteiger partial charge is 0.485 e. The maximum atomic E-state index is 12.5. The molecule has 4 atom stereocenters. The number of anilines is 2. The van der Waals surface area contributed by atoms with Crippen LogP contribution in [0.15, 0.2) is 29.2 Å². The second kappa shape index (κ2) is 7.37. The molecule has 0 amide bonds. The van der Waals surface area contributed by atoms with Crippen LogP contribution in [0.5, 0.6) is 17.2 Å². The van der Waals surface area contributed by atoms with Gasteiger partial charge in [0, 0.05) is 0 Å². The first kappa shape index (κ1) is 18.7. The molecule has 0 aliphatic carbocycles. The van der Waals surface area contributed by atoms with Crippen molar-refractivity contribution in [1.82, 2.24) is 9.55 Å². The monoisotopic (exact) mass is 393 g/mol. The Morgan fingerprint density at radius 1 is 1.29 bits per heavy atom. The summed E-state index contributed by atoms with van der Waals surface area (Å²) in [5, 5.41) is 32.3. The molecule has 0 radical (unpaired) electrons. The van der Waals surface area contributed by atoms with Gasteiger partial charge in [-0.3, -0.25) is 4.57 Å². The molecule has 2 aliphatic heterocycles. The van der Waals surface area contributed by atoms with E-state index in [0.29, 0.717) is 30.3 Å². The van der Waals surface area contributed by atoms with Gasteiger partial charge >= 0.3 is 5.69 Å². The molecule has 1 saturated heterocycles. The Balaban J connectivity index is 1.67. The lowest BCUT2D eigenvalue weighted by atomic mass is 10.1. The number of ether oxygens (including phenoxy) is 3. The first-order valence-corrected chi connectivity index (χ1v) is 8.79. The fraction of sp³-hybridized carbons (Fsp3) is 0.412. The highest BCUT2D eigenvalue weighted by atomic mass is 16.6. The number of aliphatic hydroxyl groups excluding tert-OH is 3. The second-order valence-electron chi connectivity index (χ2n) is 6.43. The van der Waals surface area contributed by atoms with E-state index in [4.69, 9.17) is 14.2 Å². The Morgan fingerprint density at radius 3 is 2.82 bits per heavy atom. The fourth-order valence-electron chi connectivity index (χ4n) is 3.17. The zero-order valence-electron chi connectivity index (χ0n) is 14.8. The van der Waals surface area contributed by atoms with Crippen molar-refractivity contribution < 1.29 is 35.3 Å². The minimum atomic E-state index is -1.40. The van der Waals surface area contributed by atoms with Crippen LogP contribution < -0.4 is 26.2 Å². The molecule has 7 N–H and O–H groups in total. The molecule has 2 aromatic rings. The van der Waals surface area contributed by atoms with Crippen LogP contribution in [0.4, 0.5) is 11.5 Å². The summed E-state index contributed by atoms with van der Waals surface area (Å²) in [5.41, 5.74) is 3.56. The standard InChI is InChI=1S/C17H20N4O7/c18-4-5-26-8-2-1-3-9-12(8)19-15-10(27-9)6-21(17(25)20-15)16-14(24)13(23)11(7-22)28-16/h1-3,6,11,13-14,16,22-24H,4-5,7,18H2,(H,19,20,25)/p+1/t11-,13-,14-,16-/m1/s1. The summed E-state index contributed by atoms with van der Waals surface area (Å²) < 4.78 is 17.9. The zero-order chi connectivity index (χ0) is 19.8. The van der Waals surface area contributed by atoms with E-state index in [2.05, 4.69) is 16.0 Å². The van der Waals surface area contributed by atoms with Gasteiger partial charge in [-0.05, 0) is 12.1 Å². The van der Waals surface area contributed by atoms with E-state index >= 15 is 0 Å².